The molecule has 1 heterocycles. The van der Waals surface area contributed by atoms with Crippen LogP contribution in [0.1, 0.15) is 21.5 Å². The van der Waals surface area contributed by atoms with Crippen LogP contribution in [0.2, 0.25) is 0 Å². The van der Waals surface area contributed by atoms with Crippen molar-refractivity contribution < 1.29 is 26.7 Å². The molecule has 0 radical (unpaired) electrons. The molecule has 180 valence electrons. The van der Waals surface area contributed by atoms with Gasteiger partial charge in [0.25, 0.3) is 10.0 Å². The fourth-order valence-electron chi connectivity index (χ4n) is 3.45. The zero-order chi connectivity index (χ0) is 25.1. The number of sulfonamides is 1. The van der Waals surface area contributed by atoms with Crippen LogP contribution in [0, 0.1) is 0 Å². The second-order valence-corrected chi connectivity index (χ2v) is 12.9. The fraction of sp³-hybridized carbons (Fsp3) is 0.0800. The molecule has 4 rings (SSSR count). The van der Waals surface area contributed by atoms with Crippen LogP contribution in [0.3, 0.4) is 0 Å². The average molecular weight is 528 g/mol. The van der Waals surface area contributed by atoms with Gasteiger partial charge in [0.05, 0.1) is 10.5 Å². The molecule has 0 fully saturated rings. The van der Waals surface area contributed by atoms with E-state index in [1.165, 1.54) is 30.3 Å². The van der Waals surface area contributed by atoms with E-state index in [0.717, 1.165) is 11.1 Å². The van der Waals surface area contributed by atoms with E-state index in [4.69, 9.17) is 5.11 Å². The number of carbonyl (C=O) groups is 1. The number of benzene rings is 3. The molecule has 0 aliphatic rings. The van der Waals surface area contributed by atoms with Crippen LogP contribution in [0.25, 0.3) is 0 Å². The van der Waals surface area contributed by atoms with Crippen molar-refractivity contribution in [2.75, 3.05) is 4.72 Å². The van der Waals surface area contributed by atoms with Gasteiger partial charge >= 0.3 is 5.97 Å². The lowest BCUT2D eigenvalue weighted by Crippen LogP contribution is -2.11. The quantitative estimate of drug-likeness (QED) is 0.321. The number of rotatable bonds is 9. The van der Waals surface area contributed by atoms with Crippen molar-refractivity contribution >= 4 is 42.9 Å². The van der Waals surface area contributed by atoms with Crippen molar-refractivity contribution in [1.82, 2.24) is 0 Å². The Balaban J connectivity index is 1.48. The normalized spacial score (nSPS) is 11.8. The second-order valence-electron chi connectivity index (χ2n) is 7.70. The Kier molecular flexibility index (Phi) is 7.06. The summed E-state index contributed by atoms with van der Waals surface area (Å²) in [7, 11) is -7.81. The summed E-state index contributed by atoms with van der Waals surface area (Å²) in [5.41, 5.74) is 2.29. The molecule has 0 amide bonds. The summed E-state index contributed by atoms with van der Waals surface area (Å²) in [6.07, 6.45) is 1.17. The van der Waals surface area contributed by atoms with Gasteiger partial charge in [-0.2, -0.15) is 0 Å². The third-order valence-electron chi connectivity index (χ3n) is 5.20. The van der Waals surface area contributed by atoms with Gasteiger partial charge in [0.15, 0.2) is 0 Å². The van der Waals surface area contributed by atoms with Gasteiger partial charge in [0.1, 0.15) is 8.42 Å². The molecule has 0 bridgehead atoms. The molecule has 0 unspecified atom stereocenters. The van der Waals surface area contributed by atoms with Gasteiger partial charge in [0, 0.05) is 5.69 Å². The van der Waals surface area contributed by atoms with Crippen LogP contribution in [0.5, 0.6) is 0 Å². The van der Waals surface area contributed by atoms with Gasteiger partial charge in [-0.15, -0.1) is 11.3 Å². The van der Waals surface area contributed by atoms with E-state index in [1.54, 1.807) is 48.5 Å². The first-order valence-corrected chi connectivity index (χ1v) is 14.3. The number of carboxylic acid groups (broad SMARTS) is 1. The molecule has 0 aliphatic heterocycles. The Labute approximate surface area is 207 Å². The topological polar surface area (TPSA) is 118 Å². The van der Waals surface area contributed by atoms with Crippen molar-refractivity contribution in [2.45, 2.75) is 26.2 Å². The Bertz CT molecular complexity index is 1580. The molecule has 3 aromatic carbocycles. The zero-order valence-electron chi connectivity index (χ0n) is 18.3. The lowest BCUT2D eigenvalue weighted by atomic mass is 10.0. The number of nitrogens with one attached hydrogen (secondary N) is 1. The molecule has 35 heavy (non-hydrogen) atoms. The number of carboxylic acids is 1. The summed E-state index contributed by atoms with van der Waals surface area (Å²) in [5.74, 6) is -0.989. The molecular formula is C25H21NO6S3. The smallest absolute Gasteiger partial charge is 0.335 e. The Morgan fingerprint density at radius 2 is 1.37 bits per heavy atom. The molecule has 2 N–H and O–H groups in total. The molecule has 0 saturated heterocycles. The Hall–Kier alpha value is -3.47. The zero-order valence-corrected chi connectivity index (χ0v) is 20.7. The second kappa shape index (κ2) is 10.0. The predicted octanol–water partition coefficient (Wildman–Crippen LogP) is 4.87. The predicted molar refractivity (Wildman–Crippen MR) is 134 cm³/mol. The van der Waals surface area contributed by atoms with Crippen LogP contribution in [0.4, 0.5) is 5.69 Å². The van der Waals surface area contributed by atoms with Crippen LogP contribution in [-0.2, 0) is 32.7 Å². The van der Waals surface area contributed by atoms with E-state index in [0.29, 0.717) is 29.9 Å². The van der Waals surface area contributed by atoms with E-state index in [2.05, 4.69) is 4.72 Å². The van der Waals surface area contributed by atoms with Gasteiger partial charge in [-0.3, -0.25) is 4.72 Å². The SMILES string of the molecule is O=C(O)c1cccc(CCc2cccc(NS(=O)(=O)c3ccc(S(=O)(=O)c4ccccc4)s3)c2)c1. The van der Waals surface area contributed by atoms with E-state index in [9.17, 15) is 21.6 Å². The maximum atomic E-state index is 12.9. The molecule has 10 heteroatoms. The number of hydrogen-bond donors (Lipinski definition) is 2. The van der Waals surface area contributed by atoms with E-state index >= 15 is 0 Å². The highest BCUT2D eigenvalue weighted by molar-refractivity contribution is 7.96. The minimum Gasteiger partial charge on any atom is -0.478 e. The summed E-state index contributed by atoms with van der Waals surface area (Å²) < 4.78 is 53.8. The largest absolute Gasteiger partial charge is 0.478 e. The summed E-state index contributed by atoms with van der Waals surface area (Å²) in [4.78, 5) is 11.3. The van der Waals surface area contributed by atoms with E-state index in [-0.39, 0.29) is 18.9 Å². The highest BCUT2D eigenvalue weighted by atomic mass is 32.3. The summed E-state index contributed by atoms with van der Waals surface area (Å²) in [5, 5.41) is 9.14. The third-order valence-corrected chi connectivity index (χ3v) is 10.4. The first kappa shape index (κ1) is 24.6. The van der Waals surface area contributed by atoms with Crippen molar-refractivity contribution in [3.63, 3.8) is 0 Å². The van der Waals surface area contributed by atoms with Gasteiger partial charge < -0.3 is 5.11 Å². The summed E-state index contributed by atoms with van der Waals surface area (Å²) in [6, 6.07) is 24.0. The van der Waals surface area contributed by atoms with Crippen LogP contribution >= 0.6 is 11.3 Å². The first-order valence-electron chi connectivity index (χ1n) is 10.5. The standard InChI is InChI=1S/C25H21NO6S3/c27-25(28)20-8-4-6-18(16-20)12-13-19-7-5-9-21(17-19)26-35(31,32)24-15-14-23(33-24)34(29,30)22-10-2-1-3-11-22/h1-11,14-17,26H,12-13H2,(H,27,28). The number of hydrogen-bond acceptors (Lipinski definition) is 6. The number of aromatic carboxylic acids is 1. The van der Waals surface area contributed by atoms with Gasteiger partial charge in [-0.1, -0.05) is 42.5 Å². The average Bonchev–Trinajstić information content (AvgIpc) is 3.36. The minimum absolute atomic E-state index is 0.0542. The molecule has 0 atom stereocenters. The number of sulfone groups is 1. The lowest BCUT2D eigenvalue weighted by Gasteiger charge is -2.09. The van der Waals surface area contributed by atoms with Gasteiger partial charge in [-0.25, -0.2) is 21.6 Å². The molecule has 7 nitrogen and oxygen atoms in total. The minimum atomic E-state index is -4.00. The summed E-state index contributed by atoms with van der Waals surface area (Å²) in [6.45, 7) is 0. The molecule has 1 aromatic heterocycles. The van der Waals surface area contributed by atoms with E-state index < -0.39 is 25.8 Å². The lowest BCUT2D eigenvalue weighted by molar-refractivity contribution is 0.0696. The highest BCUT2D eigenvalue weighted by Gasteiger charge is 2.24. The van der Waals surface area contributed by atoms with Crippen molar-refractivity contribution in [3.8, 4) is 0 Å². The Morgan fingerprint density at radius 3 is 2.06 bits per heavy atom. The molecular weight excluding hydrogens is 506 g/mol. The van der Waals surface area contributed by atoms with Crippen molar-refractivity contribution in [3.05, 3.63) is 108 Å². The van der Waals surface area contributed by atoms with Crippen molar-refractivity contribution in [1.29, 1.82) is 0 Å². The molecule has 0 aliphatic carbocycles. The van der Waals surface area contributed by atoms with Crippen LogP contribution < -0.4 is 4.72 Å². The fourth-order valence-corrected chi connectivity index (χ4v) is 7.69. The monoisotopic (exact) mass is 527 g/mol. The van der Waals surface area contributed by atoms with Gasteiger partial charge in [-0.05, 0) is 72.5 Å². The van der Waals surface area contributed by atoms with E-state index in [1.807, 2.05) is 12.1 Å². The molecule has 0 spiro atoms. The number of aryl methyl sites for hydroxylation is 2. The van der Waals surface area contributed by atoms with Crippen LogP contribution in [0.15, 0.2) is 104 Å². The van der Waals surface area contributed by atoms with Crippen molar-refractivity contribution in [2.24, 2.45) is 0 Å². The molecule has 4 aromatic rings. The maximum absolute atomic E-state index is 12.9. The van der Waals surface area contributed by atoms with Gasteiger partial charge in [0.2, 0.25) is 9.84 Å². The molecule has 0 saturated carbocycles. The number of anilines is 1. The number of thiophene rings is 1. The maximum Gasteiger partial charge on any atom is 0.335 e. The first-order chi connectivity index (χ1) is 16.6. The third kappa shape index (κ3) is 5.79. The summed E-state index contributed by atoms with van der Waals surface area (Å²) >= 11 is 0.690. The van der Waals surface area contributed by atoms with Crippen LogP contribution in [-0.4, -0.2) is 27.9 Å². The Morgan fingerprint density at radius 1 is 0.743 bits per heavy atom. The highest BCUT2D eigenvalue weighted by Crippen LogP contribution is 2.31.